The van der Waals surface area contributed by atoms with Gasteiger partial charge in [0, 0.05) is 16.8 Å². The van der Waals surface area contributed by atoms with Crippen LogP contribution in [0.25, 0.3) is 0 Å². The van der Waals surface area contributed by atoms with Gasteiger partial charge >= 0.3 is 5.69 Å². The van der Waals surface area contributed by atoms with Crippen LogP contribution in [0.5, 0.6) is 0 Å². The van der Waals surface area contributed by atoms with Crippen molar-refractivity contribution in [2.75, 3.05) is 16.8 Å². The van der Waals surface area contributed by atoms with Crippen molar-refractivity contribution < 1.29 is 4.79 Å². The van der Waals surface area contributed by atoms with E-state index in [-0.39, 0.29) is 23.2 Å². The number of anilines is 3. The lowest BCUT2D eigenvalue weighted by atomic mass is 10.2. The SMILES string of the molecule is Cc1c(Cl)cccc1Nc1nnc(SCC(=O)c2c(N)n(C3CC3)c(=O)[nH]c2=O)s1. The van der Waals surface area contributed by atoms with Crippen LogP contribution in [0.15, 0.2) is 32.1 Å². The van der Waals surface area contributed by atoms with E-state index in [1.54, 1.807) is 6.07 Å². The molecule has 3 aromatic rings. The summed E-state index contributed by atoms with van der Waals surface area (Å²) in [6, 6.07) is 5.45. The van der Waals surface area contributed by atoms with Gasteiger partial charge in [0.05, 0.1) is 5.75 Å². The third-order valence-electron chi connectivity index (χ3n) is 4.62. The Bertz CT molecular complexity index is 1250. The highest BCUT2D eigenvalue weighted by atomic mass is 35.5. The van der Waals surface area contributed by atoms with Crippen molar-refractivity contribution in [1.29, 1.82) is 0 Å². The number of hydrogen-bond donors (Lipinski definition) is 3. The average molecular weight is 465 g/mol. The quantitative estimate of drug-likeness (QED) is 0.358. The number of halogens is 1. The molecule has 0 radical (unpaired) electrons. The minimum Gasteiger partial charge on any atom is -0.384 e. The largest absolute Gasteiger partial charge is 0.384 e. The van der Waals surface area contributed by atoms with Crippen molar-refractivity contribution in [2.24, 2.45) is 0 Å². The van der Waals surface area contributed by atoms with Crippen LogP contribution in [0.4, 0.5) is 16.6 Å². The lowest BCUT2D eigenvalue weighted by molar-refractivity contribution is 0.102. The molecule has 2 aromatic heterocycles. The summed E-state index contributed by atoms with van der Waals surface area (Å²) in [5, 5.41) is 12.5. The minimum atomic E-state index is -0.768. The molecule has 9 nitrogen and oxygen atoms in total. The van der Waals surface area contributed by atoms with Gasteiger partial charge in [-0.1, -0.05) is 40.8 Å². The second kappa shape index (κ2) is 8.25. The average Bonchev–Trinajstić information content (AvgIpc) is 3.41. The van der Waals surface area contributed by atoms with E-state index in [0.29, 0.717) is 14.5 Å². The zero-order chi connectivity index (χ0) is 21.4. The van der Waals surface area contributed by atoms with Gasteiger partial charge < -0.3 is 11.1 Å². The van der Waals surface area contributed by atoms with Crippen molar-refractivity contribution in [1.82, 2.24) is 19.7 Å². The smallest absolute Gasteiger partial charge is 0.330 e. The summed E-state index contributed by atoms with van der Waals surface area (Å²) < 4.78 is 1.84. The summed E-state index contributed by atoms with van der Waals surface area (Å²) in [6.45, 7) is 1.89. The van der Waals surface area contributed by atoms with Gasteiger partial charge in [-0.3, -0.25) is 19.1 Å². The summed E-state index contributed by atoms with van der Waals surface area (Å²) in [5.41, 5.74) is 6.14. The van der Waals surface area contributed by atoms with Crippen LogP contribution in [-0.2, 0) is 0 Å². The molecule has 0 spiro atoms. The van der Waals surface area contributed by atoms with Crippen LogP contribution in [0.2, 0.25) is 5.02 Å². The Morgan fingerprint density at radius 3 is 2.90 bits per heavy atom. The third-order valence-corrected chi connectivity index (χ3v) is 7.00. The second-order valence-corrected chi connectivity index (χ2v) is 9.35. The van der Waals surface area contributed by atoms with Gasteiger partial charge in [0.15, 0.2) is 10.1 Å². The fourth-order valence-corrected chi connectivity index (χ4v) is 4.72. The lowest BCUT2D eigenvalue weighted by Crippen LogP contribution is -2.36. The van der Waals surface area contributed by atoms with Crippen molar-refractivity contribution in [2.45, 2.75) is 30.1 Å². The summed E-state index contributed by atoms with van der Waals surface area (Å²) in [7, 11) is 0. The molecular formula is C18H17ClN6O3S2. The van der Waals surface area contributed by atoms with Gasteiger partial charge in [0.2, 0.25) is 5.13 Å². The molecule has 1 saturated carbocycles. The van der Waals surface area contributed by atoms with Gasteiger partial charge in [0.25, 0.3) is 5.56 Å². The molecule has 2 heterocycles. The summed E-state index contributed by atoms with van der Waals surface area (Å²) >= 11 is 8.54. The molecule has 4 rings (SSSR count). The number of hydrogen-bond acceptors (Lipinski definition) is 9. The van der Waals surface area contributed by atoms with Crippen LogP contribution in [0.3, 0.4) is 0 Å². The van der Waals surface area contributed by atoms with E-state index in [1.165, 1.54) is 15.9 Å². The van der Waals surface area contributed by atoms with Crippen LogP contribution < -0.4 is 22.3 Å². The number of rotatable bonds is 7. The first-order chi connectivity index (χ1) is 14.3. The van der Waals surface area contributed by atoms with E-state index in [0.717, 1.165) is 35.9 Å². The van der Waals surface area contributed by atoms with E-state index >= 15 is 0 Å². The van der Waals surface area contributed by atoms with Crippen LogP contribution in [-0.4, -0.2) is 31.3 Å². The predicted molar refractivity (Wildman–Crippen MR) is 118 cm³/mol. The number of aromatic nitrogens is 4. The fraction of sp³-hybridized carbons (Fsp3) is 0.278. The molecule has 1 fully saturated rings. The number of carbonyl (C=O) groups excluding carboxylic acids is 1. The minimum absolute atomic E-state index is 0.0546. The molecule has 0 atom stereocenters. The molecule has 0 saturated heterocycles. The molecule has 0 amide bonds. The Morgan fingerprint density at radius 1 is 1.40 bits per heavy atom. The number of thioether (sulfide) groups is 1. The summed E-state index contributed by atoms with van der Waals surface area (Å²) in [4.78, 5) is 38.9. The van der Waals surface area contributed by atoms with E-state index in [4.69, 9.17) is 17.3 Å². The lowest BCUT2D eigenvalue weighted by Gasteiger charge is -2.10. The van der Waals surface area contributed by atoms with Gasteiger partial charge in [-0.25, -0.2) is 4.79 Å². The maximum Gasteiger partial charge on any atom is 0.330 e. The Labute approximate surface area is 183 Å². The maximum atomic E-state index is 12.6. The Hall–Kier alpha value is -2.63. The summed E-state index contributed by atoms with van der Waals surface area (Å²) in [5.74, 6) is -0.600. The highest BCUT2D eigenvalue weighted by molar-refractivity contribution is 8.01. The maximum absolute atomic E-state index is 12.6. The zero-order valence-corrected chi connectivity index (χ0v) is 18.2. The molecule has 0 unspecified atom stereocenters. The molecule has 1 aliphatic carbocycles. The van der Waals surface area contributed by atoms with Crippen molar-refractivity contribution in [3.8, 4) is 0 Å². The van der Waals surface area contributed by atoms with E-state index in [2.05, 4.69) is 20.5 Å². The van der Waals surface area contributed by atoms with Crippen molar-refractivity contribution in [3.63, 3.8) is 0 Å². The number of nitrogens with two attached hydrogens (primary N) is 1. The molecule has 0 aliphatic heterocycles. The zero-order valence-electron chi connectivity index (χ0n) is 15.8. The Kier molecular flexibility index (Phi) is 5.67. The highest BCUT2D eigenvalue weighted by Gasteiger charge is 2.30. The first kappa shape index (κ1) is 20.6. The number of nitrogens with zero attached hydrogens (tertiary/aromatic N) is 3. The van der Waals surface area contributed by atoms with E-state index < -0.39 is 17.0 Å². The Balaban J connectivity index is 1.47. The molecule has 1 aliphatic rings. The highest BCUT2D eigenvalue weighted by Crippen LogP contribution is 2.35. The molecule has 156 valence electrons. The molecule has 1 aromatic carbocycles. The van der Waals surface area contributed by atoms with E-state index in [1.807, 2.05) is 19.1 Å². The van der Waals surface area contributed by atoms with Gasteiger partial charge in [-0.15, -0.1) is 10.2 Å². The van der Waals surface area contributed by atoms with Crippen molar-refractivity contribution in [3.05, 3.63) is 55.2 Å². The number of benzene rings is 1. The molecule has 0 bridgehead atoms. The predicted octanol–water partition coefficient (Wildman–Crippen LogP) is 2.99. The van der Waals surface area contributed by atoms with Crippen LogP contribution >= 0.6 is 34.7 Å². The van der Waals surface area contributed by atoms with Gasteiger partial charge in [0.1, 0.15) is 11.4 Å². The number of H-pyrrole nitrogens is 1. The topological polar surface area (TPSA) is 136 Å². The standard InChI is InChI=1S/C18H17ClN6O3S2/c1-8-10(19)3-2-4-11(8)21-16-23-24-18(30-16)29-7-12(26)13-14(20)25(9-5-6-9)17(28)22-15(13)27/h2-4,9H,5-7,20H2,1H3,(H,21,23)(H,22,27,28). The van der Waals surface area contributed by atoms with E-state index in [9.17, 15) is 14.4 Å². The normalized spacial score (nSPS) is 13.4. The monoisotopic (exact) mass is 464 g/mol. The number of aromatic amines is 1. The van der Waals surface area contributed by atoms with Crippen LogP contribution in [0.1, 0.15) is 34.8 Å². The summed E-state index contributed by atoms with van der Waals surface area (Å²) in [6.07, 6.45) is 1.59. The molecular weight excluding hydrogens is 448 g/mol. The number of ketones is 1. The third kappa shape index (κ3) is 4.13. The molecule has 12 heteroatoms. The number of carbonyl (C=O) groups is 1. The Morgan fingerprint density at radius 2 is 2.17 bits per heavy atom. The number of nitrogens with one attached hydrogen (secondary N) is 2. The molecule has 4 N–H and O–H groups in total. The van der Waals surface area contributed by atoms with Gasteiger partial charge in [-0.05, 0) is 37.5 Å². The number of Topliss-reactive ketones (excluding diaryl/α,β-unsaturated/α-hetero) is 1. The number of nitrogen functional groups attached to an aromatic ring is 1. The van der Waals surface area contributed by atoms with Gasteiger partial charge in [-0.2, -0.15) is 0 Å². The first-order valence-corrected chi connectivity index (χ1v) is 11.2. The van der Waals surface area contributed by atoms with Crippen molar-refractivity contribution >= 4 is 57.1 Å². The first-order valence-electron chi connectivity index (χ1n) is 9.01. The fourth-order valence-electron chi connectivity index (χ4n) is 2.91. The molecule has 30 heavy (non-hydrogen) atoms. The van der Waals surface area contributed by atoms with Crippen LogP contribution in [0, 0.1) is 6.92 Å². The second-order valence-electron chi connectivity index (χ2n) is 6.74.